The minimum absolute atomic E-state index is 0.116. The lowest BCUT2D eigenvalue weighted by Gasteiger charge is -2.10. The van der Waals surface area contributed by atoms with Crippen molar-refractivity contribution in [3.05, 3.63) is 93.4 Å². The number of anilines is 1. The highest BCUT2D eigenvalue weighted by atomic mass is 16.5. The number of carbonyl (C=O) groups is 1. The van der Waals surface area contributed by atoms with E-state index in [2.05, 4.69) is 5.32 Å². The van der Waals surface area contributed by atoms with Crippen molar-refractivity contribution < 1.29 is 9.53 Å². The standard InChI is InChI=1S/C22H22N2O3/c1-15-11-16(2)13-18(12-15)23-21(25)20-5-4-10-24(22(20)26)14-17-6-8-19(27-3)9-7-17/h4-13H,14H2,1-3H3,(H,23,25). The lowest BCUT2D eigenvalue weighted by atomic mass is 10.1. The number of methoxy groups -OCH3 is 1. The fourth-order valence-corrected chi connectivity index (χ4v) is 3.01. The summed E-state index contributed by atoms with van der Waals surface area (Å²) < 4.78 is 6.67. The molecule has 0 aliphatic carbocycles. The molecule has 0 saturated heterocycles. The van der Waals surface area contributed by atoms with Gasteiger partial charge in [-0.3, -0.25) is 9.59 Å². The monoisotopic (exact) mass is 362 g/mol. The number of nitrogens with one attached hydrogen (secondary N) is 1. The summed E-state index contributed by atoms with van der Waals surface area (Å²) in [4.78, 5) is 25.3. The number of rotatable bonds is 5. The molecular formula is C22H22N2O3. The normalized spacial score (nSPS) is 10.5. The number of hydrogen-bond donors (Lipinski definition) is 1. The molecule has 0 saturated carbocycles. The lowest BCUT2D eigenvalue weighted by Crippen LogP contribution is -2.29. The van der Waals surface area contributed by atoms with E-state index in [0.717, 1.165) is 22.4 Å². The quantitative estimate of drug-likeness (QED) is 0.751. The van der Waals surface area contributed by atoms with Crippen LogP contribution in [0.1, 0.15) is 27.0 Å². The van der Waals surface area contributed by atoms with Gasteiger partial charge in [-0.1, -0.05) is 18.2 Å². The van der Waals surface area contributed by atoms with Crippen molar-refractivity contribution in [3.8, 4) is 5.75 Å². The third kappa shape index (κ3) is 4.44. The summed E-state index contributed by atoms with van der Waals surface area (Å²) in [5.74, 6) is 0.349. The van der Waals surface area contributed by atoms with E-state index in [0.29, 0.717) is 12.2 Å². The number of ether oxygens (including phenoxy) is 1. The Hall–Kier alpha value is -3.34. The summed E-state index contributed by atoms with van der Waals surface area (Å²) in [5.41, 5.74) is 3.53. The molecule has 5 heteroatoms. The van der Waals surface area contributed by atoms with E-state index < -0.39 is 5.91 Å². The van der Waals surface area contributed by atoms with Crippen molar-refractivity contribution in [1.82, 2.24) is 4.57 Å². The fourth-order valence-electron chi connectivity index (χ4n) is 3.01. The molecule has 138 valence electrons. The van der Waals surface area contributed by atoms with Crippen LogP contribution in [0.3, 0.4) is 0 Å². The second kappa shape index (κ2) is 7.91. The van der Waals surface area contributed by atoms with Gasteiger partial charge in [-0.15, -0.1) is 0 Å². The molecule has 0 atom stereocenters. The molecule has 0 bridgehead atoms. The lowest BCUT2D eigenvalue weighted by molar-refractivity contribution is 0.102. The number of amides is 1. The van der Waals surface area contributed by atoms with Gasteiger partial charge in [-0.25, -0.2) is 0 Å². The molecule has 27 heavy (non-hydrogen) atoms. The van der Waals surface area contributed by atoms with E-state index in [-0.39, 0.29) is 11.1 Å². The Balaban J connectivity index is 1.83. The maximum absolute atomic E-state index is 12.7. The van der Waals surface area contributed by atoms with Crippen LogP contribution in [0.5, 0.6) is 5.75 Å². The average molecular weight is 362 g/mol. The second-order valence-electron chi connectivity index (χ2n) is 6.53. The van der Waals surface area contributed by atoms with Crippen LogP contribution in [0.4, 0.5) is 5.69 Å². The highest BCUT2D eigenvalue weighted by Gasteiger charge is 2.13. The topological polar surface area (TPSA) is 60.3 Å². The summed E-state index contributed by atoms with van der Waals surface area (Å²) in [5, 5.41) is 2.82. The third-order valence-electron chi connectivity index (χ3n) is 4.26. The maximum Gasteiger partial charge on any atom is 0.263 e. The van der Waals surface area contributed by atoms with Crippen LogP contribution in [-0.4, -0.2) is 17.6 Å². The van der Waals surface area contributed by atoms with Crippen LogP contribution < -0.4 is 15.6 Å². The predicted molar refractivity (Wildman–Crippen MR) is 107 cm³/mol. The zero-order chi connectivity index (χ0) is 19.4. The van der Waals surface area contributed by atoms with Gasteiger partial charge < -0.3 is 14.6 Å². The fraction of sp³-hybridized carbons (Fsp3) is 0.182. The summed E-state index contributed by atoms with van der Waals surface area (Å²) in [6.45, 7) is 4.31. The third-order valence-corrected chi connectivity index (χ3v) is 4.26. The molecule has 0 spiro atoms. The van der Waals surface area contributed by atoms with Gasteiger partial charge in [0.25, 0.3) is 11.5 Å². The minimum Gasteiger partial charge on any atom is -0.497 e. The first kappa shape index (κ1) is 18.5. The van der Waals surface area contributed by atoms with E-state index in [9.17, 15) is 9.59 Å². The molecular weight excluding hydrogens is 340 g/mol. The molecule has 1 heterocycles. The Morgan fingerprint density at radius 1 is 1.04 bits per heavy atom. The number of carbonyl (C=O) groups excluding carboxylic acids is 1. The first-order valence-corrected chi connectivity index (χ1v) is 8.68. The van der Waals surface area contributed by atoms with Crippen molar-refractivity contribution in [2.24, 2.45) is 0 Å². The van der Waals surface area contributed by atoms with E-state index in [1.807, 2.05) is 56.3 Å². The number of aromatic nitrogens is 1. The van der Waals surface area contributed by atoms with Crippen LogP contribution in [0.2, 0.25) is 0 Å². The molecule has 1 aromatic heterocycles. The number of benzene rings is 2. The molecule has 5 nitrogen and oxygen atoms in total. The smallest absolute Gasteiger partial charge is 0.263 e. The van der Waals surface area contributed by atoms with Crippen molar-refractivity contribution in [2.75, 3.05) is 12.4 Å². The van der Waals surface area contributed by atoms with Crippen LogP contribution in [-0.2, 0) is 6.54 Å². The highest BCUT2D eigenvalue weighted by molar-refractivity contribution is 6.04. The SMILES string of the molecule is COc1ccc(Cn2cccc(C(=O)Nc3cc(C)cc(C)c3)c2=O)cc1. The molecule has 1 amide bonds. The Bertz CT molecular complexity index is 1000. The van der Waals surface area contributed by atoms with Crippen LogP contribution in [0.25, 0.3) is 0 Å². The van der Waals surface area contributed by atoms with Crippen LogP contribution >= 0.6 is 0 Å². The van der Waals surface area contributed by atoms with Gasteiger partial charge >= 0.3 is 0 Å². The van der Waals surface area contributed by atoms with Crippen molar-refractivity contribution in [1.29, 1.82) is 0 Å². The van der Waals surface area contributed by atoms with Gasteiger partial charge in [-0.05, 0) is 66.9 Å². The zero-order valence-electron chi connectivity index (χ0n) is 15.7. The van der Waals surface area contributed by atoms with E-state index in [1.165, 1.54) is 4.57 Å². The molecule has 0 unspecified atom stereocenters. The molecule has 2 aromatic carbocycles. The van der Waals surface area contributed by atoms with Gasteiger partial charge in [0.1, 0.15) is 11.3 Å². The predicted octanol–water partition coefficient (Wildman–Crippen LogP) is 3.77. The number of pyridine rings is 1. The molecule has 1 N–H and O–H groups in total. The summed E-state index contributed by atoms with van der Waals surface area (Å²) in [6, 6.07) is 16.5. The van der Waals surface area contributed by atoms with Gasteiger partial charge in [0.05, 0.1) is 13.7 Å². The van der Waals surface area contributed by atoms with Crippen molar-refractivity contribution in [2.45, 2.75) is 20.4 Å². The molecule has 0 fully saturated rings. The summed E-state index contributed by atoms with van der Waals surface area (Å²) in [7, 11) is 1.61. The highest BCUT2D eigenvalue weighted by Crippen LogP contribution is 2.15. The van der Waals surface area contributed by atoms with E-state index >= 15 is 0 Å². The number of hydrogen-bond acceptors (Lipinski definition) is 3. The maximum atomic E-state index is 12.7. The molecule has 0 aliphatic heterocycles. The minimum atomic E-state index is -0.408. The van der Waals surface area contributed by atoms with Gasteiger partial charge in [0, 0.05) is 11.9 Å². The molecule has 0 radical (unpaired) electrons. The van der Waals surface area contributed by atoms with Crippen LogP contribution in [0.15, 0.2) is 65.6 Å². The van der Waals surface area contributed by atoms with Gasteiger partial charge in [0.2, 0.25) is 0 Å². The summed E-state index contributed by atoms with van der Waals surface area (Å²) >= 11 is 0. The Morgan fingerprint density at radius 3 is 2.33 bits per heavy atom. The molecule has 3 aromatic rings. The molecule has 0 aliphatic rings. The van der Waals surface area contributed by atoms with Crippen LogP contribution in [0, 0.1) is 13.8 Å². The molecule has 3 rings (SSSR count). The number of aryl methyl sites for hydroxylation is 2. The first-order valence-electron chi connectivity index (χ1n) is 8.68. The van der Waals surface area contributed by atoms with Crippen molar-refractivity contribution >= 4 is 11.6 Å². The Kier molecular flexibility index (Phi) is 5.41. The van der Waals surface area contributed by atoms with E-state index in [4.69, 9.17) is 4.74 Å². The Morgan fingerprint density at radius 2 is 1.70 bits per heavy atom. The average Bonchev–Trinajstić information content (AvgIpc) is 2.63. The zero-order valence-corrected chi connectivity index (χ0v) is 15.7. The van der Waals surface area contributed by atoms with Gasteiger partial charge in [-0.2, -0.15) is 0 Å². The van der Waals surface area contributed by atoms with Crippen molar-refractivity contribution in [3.63, 3.8) is 0 Å². The second-order valence-corrected chi connectivity index (χ2v) is 6.53. The summed E-state index contributed by atoms with van der Waals surface area (Å²) in [6.07, 6.45) is 1.68. The van der Waals surface area contributed by atoms with Gasteiger partial charge in [0.15, 0.2) is 0 Å². The largest absolute Gasteiger partial charge is 0.497 e. The first-order chi connectivity index (χ1) is 13.0. The Labute approximate surface area is 158 Å². The number of nitrogens with zero attached hydrogens (tertiary/aromatic N) is 1. The van der Waals surface area contributed by atoms with E-state index in [1.54, 1.807) is 25.4 Å².